The van der Waals surface area contributed by atoms with Gasteiger partial charge in [-0.25, -0.2) is 14.2 Å². The standard InChI is InChI=1S/C21H18FNO3/c1-3-11-26-21(24)15-7-10-18-17(12-15)20(25-4-2)13-19(23-18)14-5-8-16(22)9-6-14/h3,5-10,12-13H,1,4,11H2,2H3. The second kappa shape index (κ2) is 7.78. The lowest BCUT2D eigenvalue weighted by atomic mass is 10.1. The SMILES string of the molecule is C=CCOC(=O)c1ccc2nc(-c3ccc(F)cc3)cc(OCC)c2c1. The number of aromatic nitrogens is 1. The minimum atomic E-state index is -0.433. The summed E-state index contributed by atoms with van der Waals surface area (Å²) in [5, 5.41) is 0.714. The van der Waals surface area contributed by atoms with Gasteiger partial charge >= 0.3 is 5.97 Å². The van der Waals surface area contributed by atoms with Crippen LogP contribution in [0.15, 0.2) is 61.2 Å². The van der Waals surface area contributed by atoms with Crippen LogP contribution >= 0.6 is 0 Å². The first-order chi connectivity index (χ1) is 12.6. The van der Waals surface area contributed by atoms with Gasteiger partial charge < -0.3 is 9.47 Å². The van der Waals surface area contributed by atoms with Crippen LogP contribution in [0.2, 0.25) is 0 Å². The number of halogens is 1. The maximum absolute atomic E-state index is 13.2. The number of pyridine rings is 1. The molecule has 0 saturated heterocycles. The van der Waals surface area contributed by atoms with E-state index in [1.165, 1.54) is 18.2 Å². The molecule has 0 aliphatic rings. The predicted molar refractivity (Wildman–Crippen MR) is 98.8 cm³/mol. The number of carbonyl (C=O) groups is 1. The van der Waals surface area contributed by atoms with Gasteiger partial charge in [0.05, 0.1) is 23.4 Å². The third-order valence-corrected chi connectivity index (χ3v) is 3.78. The molecule has 0 amide bonds. The summed E-state index contributed by atoms with van der Waals surface area (Å²) >= 11 is 0. The van der Waals surface area contributed by atoms with Gasteiger partial charge in [-0.2, -0.15) is 0 Å². The van der Waals surface area contributed by atoms with Gasteiger partial charge in [0.1, 0.15) is 18.2 Å². The van der Waals surface area contributed by atoms with Crippen LogP contribution in [0.1, 0.15) is 17.3 Å². The highest BCUT2D eigenvalue weighted by atomic mass is 19.1. The Morgan fingerprint density at radius 1 is 1.19 bits per heavy atom. The van der Waals surface area contributed by atoms with E-state index in [2.05, 4.69) is 11.6 Å². The monoisotopic (exact) mass is 351 g/mol. The van der Waals surface area contributed by atoms with Gasteiger partial charge in [0, 0.05) is 17.0 Å². The topological polar surface area (TPSA) is 48.4 Å². The van der Waals surface area contributed by atoms with Crippen LogP contribution in [0.25, 0.3) is 22.2 Å². The van der Waals surface area contributed by atoms with Crippen LogP contribution in [0.5, 0.6) is 5.75 Å². The van der Waals surface area contributed by atoms with E-state index in [-0.39, 0.29) is 12.4 Å². The fourth-order valence-electron chi connectivity index (χ4n) is 2.58. The summed E-state index contributed by atoms with van der Waals surface area (Å²) in [5.74, 6) is -0.130. The van der Waals surface area contributed by atoms with Crippen molar-refractivity contribution in [3.63, 3.8) is 0 Å². The average Bonchev–Trinajstić information content (AvgIpc) is 2.66. The fraction of sp³-hybridized carbons (Fsp3) is 0.143. The van der Waals surface area contributed by atoms with Crippen LogP contribution in [-0.4, -0.2) is 24.2 Å². The maximum atomic E-state index is 13.2. The zero-order valence-corrected chi connectivity index (χ0v) is 14.4. The first-order valence-corrected chi connectivity index (χ1v) is 8.24. The molecular formula is C21H18FNO3. The molecule has 0 spiro atoms. The van der Waals surface area contributed by atoms with Crippen molar-refractivity contribution in [1.82, 2.24) is 4.98 Å². The van der Waals surface area contributed by atoms with Gasteiger partial charge in [-0.05, 0) is 49.4 Å². The van der Waals surface area contributed by atoms with E-state index in [1.807, 2.05) is 6.92 Å². The van der Waals surface area contributed by atoms with Crippen molar-refractivity contribution in [2.45, 2.75) is 6.92 Å². The zero-order chi connectivity index (χ0) is 18.5. The number of benzene rings is 2. The van der Waals surface area contributed by atoms with E-state index >= 15 is 0 Å². The van der Waals surface area contributed by atoms with Gasteiger partial charge in [-0.15, -0.1) is 0 Å². The lowest BCUT2D eigenvalue weighted by Gasteiger charge is -2.11. The molecule has 0 radical (unpaired) electrons. The van der Waals surface area contributed by atoms with E-state index in [0.717, 1.165) is 5.56 Å². The second-order valence-electron chi connectivity index (χ2n) is 5.56. The Morgan fingerprint density at radius 2 is 1.96 bits per heavy atom. The smallest absolute Gasteiger partial charge is 0.338 e. The lowest BCUT2D eigenvalue weighted by Crippen LogP contribution is -2.05. The molecule has 0 atom stereocenters. The third-order valence-electron chi connectivity index (χ3n) is 3.78. The summed E-state index contributed by atoms with van der Waals surface area (Å²) in [6, 6.07) is 13.0. The third kappa shape index (κ3) is 3.72. The molecule has 0 bridgehead atoms. The summed E-state index contributed by atoms with van der Waals surface area (Å²) in [6.45, 7) is 6.02. The number of ether oxygens (including phenoxy) is 2. The molecule has 2 aromatic carbocycles. The minimum absolute atomic E-state index is 0.150. The first-order valence-electron chi connectivity index (χ1n) is 8.24. The molecule has 26 heavy (non-hydrogen) atoms. The Balaban J connectivity index is 2.08. The number of fused-ring (bicyclic) bond motifs is 1. The highest BCUT2D eigenvalue weighted by Crippen LogP contribution is 2.31. The zero-order valence-electron chi connectivity index (χ0n) is 14.4. The molecule has 3 aromatic rings. The molecule has 4 nitrogen and oxygen atoms in total. The number of nitrogens with zero attached hydrogens (tertiary/aromatic N) is 1. The molecule has 0 fully saturated rings. The number of rotatable bonds is 6. The van der Waals surface area contributed by atoms with Gasteiger partial charge in [0.25, 0.3) is 0 Å². The Kier molecular flexibility index (Phi) is 5.27. The van der Waals surface area contributed by atoms with Crippen molar-refractivity contribution in [2.24, 2.45) is 0 Å². The van der Waals surface area contributed by atoms with Crippen LogP contribution in [0.3, 0.4) is 0 Å². The number of hydrogen-bond acceptors (Lipinski definition) is 4. The van der Waals surface area contributed by atoms with Crippen molar-refractivity contribution < 1.29 is 18.7 Å². The van der Waals surface area contributed by atoms with Crippen LogP contribution < -0.4 is 4.74 Å². The van der Waals surface area contributed by atoms with E-state index in [1.54, 1.807) is 36.4 Å². The molecule has 5 heteroatoms. The Morgan fingerprint density at radius 3 is 2.65 bits per heavy atom. The molecule has 1 aromatic heterocycles. The van der Waals surface area contributed by atoms with E-state index in [4.69, 9.17) is 9.47 Å². The molecule has 0 aliphatic carbocycles. The quantitative estimate of drug-likeness (QED) is 0.473. The Labute approximate surface area is 150 Å². The van der Waals surface area contributed by atoms with E-state index in [0.29, 0.717) is 34.5 Å². The van der Waals surface area contributed by atoms with Gasteiger partial charge in [-0.3, -0.25) is 0 Å². The largest absolute Gasteiger partial charge is 0.493 e. The van der Waals surface area contributed by atoms with E-state index < -0.39 is 5.97 Å². The highest BCUT2D eigenvalue weighted by molar-refractivity contribution is 5.97. The molecule has 0 N–H and O–H groups in total. The van der Waals surface area contributed by atoms with Gasteiger partial charge in [0.2, 0.25) is 0 Å². The number of hydrogen-bond donors (Lipinski definition) is 0. The molecular weight excluding hydrogens is 333 g/mol. The first kappa shape index (κ1) is 17.6. The van der Waals surface area contributed by atoms with Gasteiger partial charge in [-0.1, -0.05) is 12.7 Å². The second-order valence-corrected chi connectivity index (χ2v) is 5.56. The normalized spacial score (nSPS) is 10.5. The maximum Gasteiger partial charge on any atom is 0.338 e. The Hall–Kier alpha value is -3.21. The van der Waals surface area contributed by atoms with Crippen molar-refractivity contribution in [2.75, 3.05) is 13.2 Å². The molecule has 132 valence electrons. The van der Waals surface area contributed by atoms with E-state index in [9.17, 15) is 9.18 Å². The number of carbonyl (C=O) groups excluding carboxylic acids is 1. The number of esters is 1. The summed E-state index contributed by atoms with van der Waals surface area (Å²) in [6.07, 6.45) is 1.51. The lowest BCUT2D eigenvalue weighted by molar-refractivity contribution is 0.0550. The Bertz CT molecular complexity index is 951. The highest BCUT2D eigenvalue weighted by Gasteiger charge is 2.13. The van der Waals surface area contributed by atoms with Crippen molar-refractivity contribution in [3.8, 4) is 17.0 Å². The summed E-state index contributed by atoms with van der Waals surface area (Å²) in [7, 11) is 0. The van der Waals surface area contributed by atoms with Crippen molar-refractivity contribution in [3.05, 3.63) is 72.6 Å². The van der Waals surface area contributed by atoms with Crippen molar-refractivity contribution in [1.29, 1.82) is 0 Å². The average molecular weight is 351 g/mol. The molecule has 0 aliphatic heterocycles. The summed E-state index contributed by atoms with van der Waals surface area (Å²) < 4.78 is 24.0. The van der Waals surface area contributed by atoms with Gasteiger partial charge in [0.15, 0.2) is 0 Å². The van der Waals surface area contributed by atoms with Crippen LogP contribution in [0.4, 0.5) is 4.39 Å². The fourth-order valence-corrected chi connectivity index (χ4v) is 2.58. The van der Waals surface area contributed by atoms with Crippen molar-refractivity contribution >= 4 is 16.9 Å². The summed E-state index contributed by atoms with van der Waals surface area (Å²) in [5.41, 5.74) is 2.54. The minimum Gasteiger partial charge on any atom is -0.493 e. The molecule has 1 heterocycles. The van der Waals surface area contributed by atoms with Crippen LogP contribution in [0, 0.1) is 5.82 Å². The molecule has 0 saturated carbocycles. The molecule has 3 rings (SSSR count). The predicted octanol–water partition coefficient (Wildman–Crippen LogP) is 4.78. The molecule has 0 unspecified atom stereocenters. The summed E-state index contributed by atoms with van der Waals surface area (Å²) in [4.78, 5) is 16.7. The van der Waals surface area contributed by atoms with Crippen LogP contribution in [-0.2, 0) is 4.74 Å².